The zero-order chi connectivity index (χ0) is 13.9. The van der Waals surface area contributed by atoms with Crippen LogP contribution in [-0.4, -0.2) is 23.8 Å². The van der Waals surface area contributed by atoms with Crippen molar-refractivity contribution in [2.45, 2.75) is 58.8 Å². The van der Waals surface area contributed by atoms with Crippen molar-refractivity contribution in [2.24, 2.45) is 11.3 Å². The summed E-state index contributed by atoms with van der Waals surface area (Å²) >= 11 is 1.83. The van der Waals surface area contributed by atoms with E-state index in [1.54, 1.807) is 0 Å². The van der Waals surface area contributed by atoms with Crippen LogP contribution in [0.25, 0.3) is 0 Å². The van der Waals surface area contributed by atoms with E-state index in [4.69, 9.17) is 0 Å². The average Bonchev–Trinajstić information content (AvgIpc) is 2.84. The fourth-order valence-corrected chi connectivity index (χ4v) is 3.98. The topological polar surface area (TPSA) is 37.8 Å². The summed E-state index contributed by atoms with van der Waals surface area (Å²) in [7, 11) is 1.98. The second-order valence-electron chi connectivity index (χ2n) is 6.80. The van der Waals surface area contributed by atoms with Crippen molar-refractivity contribution >= 4 is 11.3 Å². The van der Waals surface area contributed by atoms with Gasteiger partial charge in [-0.25, -0.2) is 0 Å². The van der Waals surface area contributed by atoms with E-state index >= 15 is 0 Å². The first kappa shape index (κ1) is 14.9. The predicted octanol–water partition coefficient (Wildman–Crippen LogP) is 3.62. The number of likely N-dealkylation sites (N-methyl/N-ethyl adjacent to an activating group) is 1. The van der Waals surface area contributed by atoms with E-state index in [0.717, 1.165) is 18.9 Å². The minimum atomic E-state index is 0.462. The summed E-state index contributed by atoms with van der Waals surface area (Å²) < 4.78 is 0. The van der Waals surface area contributed by atoms with E-state index in [1.165, 1.54) is 35.7 Å². The van der Waals surface area contributed by atoms with Crippen molar-refractivity contribution < 1.29 is 0 Å². The van der Waals surface area contributed by atoms with Crippen LogP contribution < -0.4 is 5.32 Å². The first-order chi connectivity index (χ1) is 9.00. The maximum atomic E-state index is 4.42. The van der Waals surface area contributed by atoms with E-state index in [-0.39, 0.29) is 0 Å². The van der Waals surface area contributed by atoms with Gasteiger partial charge in [-0.1, -0.05) is 20.8 Å². The molecule has 2 rings (SSSR count). The Balaban J connectivity index is 1.89. The summed E-state index contributed by atoms with van der Waals surface area (Å²) in [6.07, 6.45) is 6.29. The molecule has 0 amide bonds. The van der Waals surface area contributed by atoms with Crippen molar-refractivity contribution in [3.8, 4) is 0 Å². The van der Waals surface area contributed by atoms with Crippen molar-refractivity contribution in [2.75, 3.05) is 13.6 Å². The molecule has 0 atom stereocenters. The second-order valence-corrected chi connectivity index (χ2v) is 7.90. The Morgan fingerprint density at radius 3 is 2.42 bits per heavy atom. The first-order valence-electron chi connectivity index (χ1n) is 7.47. The van der Waals surface area contributed by atoms with Crippen LogP contribution in [0.5, 0.6) is 0 Å². The van der Waals surface area contributed by atoms with E-state index < -0.39 is 0 Å². The lowest BCUT2D eigenvalue weighted by Gasteiger charge is -2.36. The minimum Gasteiger partial charge on any atom is -0.319 e. The Morgan fingerprint density at radius 2 is 1.84 bits per heavy atom. The summed E-state index contributed by atoms with van der Waals surface area (Å²) in [5.41, 5.74) is 0.462. The number of rotatable bonds is 4. The molecule has 0 spiro atoms. The highest BCUT2D eigenvalue weighted by molar-refractivity contribution is 7.11. The van der Waals surface area contributed by atoms with Gasteiger partial charge in [-0.05, 0) is 44.1 Å². The van der Waals surface area contributed by atoms with Crippen molar-refractivity contribution in [1.82, 2.24) is 15.5 Å². The molecule has 1 aliphatic carbocycles. The van der Waals surface area contributed by atoms with Crippen LogP contribution in [-0.2, 0) is 6.42 Å². The molecule has 1 fully saturated rings. The summed E-state index contributed by atoms with van der Waals surface area (Å²) in [6, 6.07) is 0. The maximum Gasteiger partial charge on any atom is 0.120 e. The quantitative estimate of drug-likeness (QED) is 0.916. The molecule has 1 heterocycles. The SMILES string of the molecule is CNCCc1nnc(C2CCC(C(C)(C)C)CC2)s1. The van der Waals surface area contributed by atoms with Crippen molar-refractivity contribution in [1.29, 1.82) is 0 Å². The molecule has 0 aliphatic heterocycles. The average molecular weight is 281 g/mol. The Hall–Kier alpha value is -0.480. The third kappa shape index (κ3) is 3.99. The van der Waals surface area contributed by atoms with Crippen LogP contribution in [0.3, 0.4) is 0 Å². The van der Waals surface area contributed by atoms with E-state index in [1.807, 2.05) is 18.4 Å². The fraction of sp³-hybridized carbons (Fsp3) is 0.867. The van der Waals surface area contributed by atoms with Gasteiger partial charge in [0.25, 0.3) is 0 Å². The Labute approximate surface area is 121 Å². The highest BCUT2D eigenvalue weighted by Gasteiger charge is 2.31. The Bertz CT molecular complexity index is 386. The molecule has 0 aromatic carbocycles. The summed E-state index contributed by atoms with van der Waals surface area (Å²) in [5.74, 6) is 1.54. The lowest BCUT2D eigenvalue weighted by Crippen LogP contribution is -2.25. The minimum absolute atomic E-state index is 0.462. The van der Waals surface area contributed by atoms with Crippen LogP contribution in [0.4, 0.5) is 0 Å². The molecule has 3 nitrogen and oxygen atoms in total. The van der Waals surface area contributed by atoms with Gasteiger partial charge in [-0.15, -0.1) is 21.5 Å². The second kappa shape index (κ2) is 6.31. The number of hydrogen-bond acceptors (Lipinski definition) is 4. The van der Waals surface area contributed by atoms with Gasteiger partial charge in [0.1, 0.15) is 10.0 Å². The van der Waals surface area contributed by atoms with Gasteiger partial charge in [0, 0.05) is 18.9 Å². The monoisotopic (exact) mass is 281 g/mol. The van der Waals surface area contributed by atoms with Crippen LogP contribution in [0.2, 0.25) is 0 Å². The summed E-state index contributed by atoms with van der Waals surface area (Å²) in [5, 5.41) is 14.4. The Morgan fingerprint density at radius 1 is 1.16 bits per heavy atom. The van der Waals surface area contributed by atoms with Crippen LogP contribution in [0.1, 0.15) is 62.4 Å². The molecule has 0 saturated heterocycles. The summed E-state index contributed by atoms with van der Waals surface area (Å²) in [6.45, 7) is 8.11. The first-order valence-corrected chi connectivity index (χ1v) is 8.29. The third-order valence-electron chi connectivity index (χ3n) is 4.37. The molecule has 1 N–H and O–H groups in total. The van der Waals surface area contributed by atoms with Gasteiger partial charge in [-0.2, -0.15) is 0 Å². The van der Waals surface area contributed by atoms with Crippen LogP contribution in [0.15, 0.2) is 0 Å². The number of aromatic nitrogens is 2. The molecular weight excluding hydrogens is 254 g/mol. The molecule has 108 valence electrons. The highest BCUT2D eigenvalue weighted by Crippen LogP contribution is 2.43. The maximum absolute atomic E-state index is 4.42. The third-order valence-corrected chi connectivity index (χ3v) is 5.52. The Kier molecular flexibility index (Phi) is 4.96. The fourth-order valence-electron chi connectivity index (χ4n) is 2.97. The molecule has 1 aromatic heterocycles. The van der Waals surface area contributed by atoms with Crippen LogP contribution >= 0.6 is 11.3 Å². The largest absolute Gasteiger partial charge is 0.319 e. The van der Waals surface area contributed by atoms with Crippen molar-refractivity contribution in [3.63, 3.8) is 0 Å². The molecule has 19 heavy (non-hydrogen) atoms. The number of nitrogens with one attached hydrogen (secondary N) is 1. The molecule has 0 unspecified atom stereocenters. The van der Waals surface area contributed by atoms with Crippen LogP contribution in [0, 0.1) is 11.3 Å². The summed E-state index contributed by atoms with van der Waals surface area (Å²) in [4.78, 5) is 0. The van der Waals surface area contributed by atoms with Gasteiger partial charge in [0.15, 0.2) is 0 Å². The molecule has 0 bridgehead atoms. The zero-order valence-electron chi connectivity index (χ0n) is 12.7. The highest BCUT2D eigenvalue weighted by atomic mass is 32.1. The normalized spacial score (nSPS) is 24.6. The number of nitrogens with zero attached hydrogens (tertiary/aromatic N) is 2. The lowest BCUT2D eigenvalue weighted by atomic mass is 9.70. The zero-order valence-corrected chi connectivity index (χ0v) is 13.5. The molecular formula is C15H27N3S. The standard InChI is InChI=1S/C15H27N3S/c1-15(2,3)12-7-5-11(6-8-12)14-18-17-13(19-14)9-10-16-4/h11-12,16H,5-10H2,1-4H3. The van der Waals surface area contributed by atoms with Gasteiger partial charge in [0.05, 0.1) is 0 Å². The molecule has 0 radical (unpaired) electrons. The van der Waals surface area contributed by atoms with Crippen molar-refractivity contribution in [3.05, 3.63) is 10.0 Å². The lowest BCUT2D eigenvalue weighted by molar-refractivity contribution is 0.169. The molecule has 4 heteroatoms. The predicted molar refractivity (Wildman–Crippen MR) is 81.7 cm³/mol. The van der Waals surface area contributed by atoms with E-state index in [2.05, 4.69) is 36.3 Å². The van der Waals surface area contributed by atoms with E-state index in [9.17, 15) is 0 Å². The number of hydrogen-bond donors (Lipinski definition) is 1. The van der Waals surface area contributed by atoms with E-state index in [0.29, 0.717) is 11.3 Å². The van der Waals surface area contributed by atoms with Gasteiger partial charge in [-0.3, -0.25) is 0 Å². The molecule has 1 saturated carbocycles. The van der Waals surface area contributed by atoms with Gasteiger partial charge in [0.2, 0.25) is 0 Å². The molecule has 1 aliphatic rings. The van der Waals surface area contributed by atoms with Gasteiger partial charge < -0.3 is 5.32 Å². The smallest absolute Gasteiger partial charge is 0.120 e. The van der Waals surface area contributed by atoms with Gasteiger partial charge >= 0.3 is 0 Å². The molecule has 1 aromatic rings.